The predicted molar refractivity (Wildman–Crippen MR) is 184 cm³/mol. The summed E-state index contributed by atoms with van der Waals surface area (Å²) in [6, 6.07) is 27.4. The van der Waals surface area contributed by atoms with E-state index in [1.165, 1.54) is 38.2 Å². The summed E-state index contributed by atoms with van der Waals surface area (Å²) >= 11 is 0. The molecule has 0 aliphatic rings. The molecule has 5 aromatic rings. The van der Waals surface area contributed by atoms with Gasteiger partial charge in [0.1, 0.15) is 0 Å². The van der Waals surface area contributed by atoms with Crippen LogP contribution in [-0.4, -0.2) is 59.4 Å². The summed E-state index contributed by atoms with van der Waals surface area (Å²) in [5.41, 5.74) is 1.25. The number of hydrogen-bond acceptors (Lipinski definition) is 9. The van der Waals surface area contributed by atoms with Crippen LogP contribution in [0.25, 0.3) is 16.9 Å². The second-order valence-electron chi connectivity index (χ2n) is 11.7. The number of alkyl halides is 3. The van der Waals surface area contributed by atoms with Crippen molar-refractivity contribution >= 4 is 21.9 Å². The molecule has 0 bridgehead atoms. The quantitative estimate of drug-likeness (QED) is 0.0485. The van der Waals surface area contributed by atoms with E-state index in [1.54, 1.807) is 72.8 Å². The molecule has 0 saturated carbocycles. The summed E-state index contributed by atoms with van der Waals surface area (Å²) in [6.45, 7) is 3.15. The first kappa shape index (κ1) is 38.0. The fraction of sp³-hybridized carbons (Fsp3) is 0.194. The van der Waals surface area contributed by atoms with Gasteiger partial charge in [0.05, 0.1) is 33.9 Å². The Bertz CT molecular complexity index is 2180. The van der Waals surface area contributed by atoms with Crippen molar-refractivity contribution in [3.05, 3.63) is 143 Å². The SMILES string of the molecule is Cc1ccc(-c2cc(C(F)(F)F)nn2-c2ccc(S(=O)(=O)NC(=O)[C@H](Cc3ccccc3)N(C)/[N+]([O-])=N/OC(C)OC(=O)c3ccccc3)cc2)cc1. The lowest BCUT2D eigenvalue weighted by atomic mass is 10.1. The lowest BCUT2D eigenvalue weighted by Gasteiger charge is -2.23. The number of esters is 1. The molecule has 1 N–H and O–H groups in total. The Balaban J connectivity index is 1.35. The van der Waals surface area contributed by atoms with E-state index in [9.17, 15) is 36.4 Å². The van der Waals surface area contributed by atoms with Gasteiger partial charge in [0.25, 0.3) is 22.2 Å². The molecule has 276 valence electrons. The van der Waals surface area contributed by atoms with Crippen LogP contribution < -0.4 is 4.72 Å². The lowest BCUT2D eigenvalue weighted by Crippen LogP contribution is -2.50. The average Bonchev–Trinajstić information content (AvgIpc) is 3.60. The maximum atomic E-state index is 13.7. The number of sulfonamides is 1. The molecule has 1 aromatic heterocycles. The van der Waals surface area contributed by atoms with Gasteiger partial charge < -0.3 is 9.94 Å². The summed E-state index contributed by atoms with van der Waals surface area (Å²) in [5.74, 6) is -1.84. The van der Waals surface area contributed by atoms with E-state index in [-0.39, 0.29) is 28.3 Å². The third-order valence-electron chi connectivity index (χ3n) is 7.82. The minimum absolute atomic E-state index is 0.0909. The number of amides is 1. The van der Waals surface area contributed by atoms with Crippen molar-refractivity contribution in [3.63, 3.8) is 0 Å². The van der Waals surface area contributed by atoms with E-state index < -0.39 is 51.0 Å². The molecule has 0 radical (unpaired) electrons. The van der Waals surface area contributed by atoms with Gasteiger partial charge in [-0.3, -0.25) is 9.63 Å². The van der Waals surface area contributed by atoms with Crippen molar-refractivity contribution in [2.45, 2.75) is 43.7 Å². The number of nitrogens with zero attached hydrogens (tertiary/aromatic N) is 5. The van der Waals surface area contributed by atoms with Gasteiger partial charge in [0.15, 0.2) is 11.7 Å². The molecule has 0 fully saturated rings. The summed E-state index contributed by atoms with van der Waals surface area (Å²) < 4.78 is 75.9. The van der Waals surface area contributed by atoms with Crippen molar-refractivity contribution in [2.75, 3.05) is 7.05 Å². The highest BCUT2D eigenvalue weighted by molar-refractivity contribution is 7.90. The molecule has 2 atom stereocenters. The Labute approximate surface area is 302 Å². The maximum Gasteiger partial charge on any atom is 0.435 e. The number of halogens is 3. The average molecular weight is 751 g/mol. The molecule has 5 rings (SSSR count). The van der Waals surface area contributed by atoms with Gasteiger partial charge in [-0.15, -0.1) is 5.01 Å². The number of hydrogen-bond donors (Lipinski definition) is 1. The van der Waals surface area contributed by atoms with Gasteiger partial charge in [-0.25, -0.2) is 22.6 Å². The van der Waals surface area contributed by atoms with Crippen molar-refractivity contribution in [3.8, 4) is 16.9 Å². The molecule has 1 heterocycles. The van der Waals surface area contributed by atoms with Crippen molar-refractivity contribution in [1.29, 1.82) is 0 Å². The Kier molecular flexibility index (Phi) is 11.5. The predicted octanol–water partition coefficient (Wildman–Crippen LogP) is 6.23. The molecule has 53 heavy (non-hydrogen) atoms. The first-order valence-electron chi connectivity index (χ1n) is 15.9. The number of carbonyl (C=O) groups excluding carboxylic acids is 2. The van der Waals surface area contributed by atoms with Crippen LogP contribution in [0.2, 0.25) is 0 Å². The highest BCUT2D eigenvalue weighted by Gasteiger charge is 2.36. The second kappa shape index (κ2) is 16.0. The molecule has 0 aliphatic heterocycles. The van der Waals surface area contributed by atoms with Crippen LogP contribution in [0.4, 0.5) is 13.2 Å². The Morgan fingerprint density at radius 1 is 0.962 bits per heavy atom. The van der Waals surface area contributed by atoms with Gasteiger partial charge in [-0.05, 0) is 55.0 Å². The monoisotopic (exact) mass is 750 g/mol. The first-order chi connectivity index (χ1) is 25.1. The van der Waals surface area contributed by atoms with Crippen molar-refractivity contribution in [1.82, 2.24) is 19.5 Å². The summed E-state index contributed by atoms with van der Waals surface area (Å²) in [5, 5.41) is 20.9. The number of hydrazine groups is 1. The number of nitrogens with one attached hydrogen (secondary N) is 1. The Morgan fingerprint density at radius 3 is 2.17 bits per heavy atom. The fourth-order valence-corrected chi connectivity index (χ4v) is 6.02. The third-order valence-corrected chi connectivity index (χ3v) is 9.18. The standard InChI is InChI=1S/C36H33F3N6O7S/c1-24-14-16-27(17-15-24)31-23-33(36(37,38)39)40-44(31)29-18-20-30(21-19-29)53(49,50)41-34(46)32(22-26-10-6-4-7-11-26)43(3)45(48)42-52-25(2)51-35(47)28-12-8-5-9-13-28/h4-21,23,25,32H,22H2,1-3H3,(H,41,46)/b45-42-/t25?,32-/m0/s1. The van der Waals surface area contributed by atoms with E-state index in [4.69, 9.17) is 9.57 Å². The largest absolute Gasteiger partial charge is 0.569 e. The molecule has 17 heteroatoms. The zero-order chi connectivity index (χ0) is 38.3. The maximum absolute atomic E-state index is 13.7. The number of rotatable bonds is 13. The second-order valence-corrected chi connectivity index (χ2v) is 13.4. The normalized spacial score (nSPS) is 13.1. The van der Waals surface area contributed by atoms with E-state index in [2.05, 4.69) is 10.4 Å². The van der Waals surface area contributed by atoms with Gasteiger partial charge in [-0.1, -0.05) is 78.4 Å². The molecule has 13 nitrogen and oxygen atoms in total. The van der Waals surface area contributed by atoms with Gasteiger partial charge in [0.2, 0.25) is 5.28 Å². The summed E-state index contributed by atoms with van der Waals surface area (Å²) in [6.07, 6.45) is -6.20. The number of likely N-dealkylation sites (N-methyl/N-ethyl adjacent to an activating group) is 1. The highest BCUT2D eigenvalue weighted by Crippen LogP contribution is 2.33. The van der Waals surface area contributed by atoms with E-state index >= 15 is 0 Å². The van der Waals surface area contributed by atoms with Gasteiger partial charge in [-0.2, -0.15) is 18.3 Å². The van der Waals surface area contributed by atoms with Crippen molar-refractivity contribution in [2.24, 2.45) is 5.28 Å². The number of carbonyl (C=O) groups is 2. The molecule has 1 amide bonds. The molecule has 0 saturated heterocycles. The molecule has 0 spiro atoms. The minimum Gasteiger partial charge on any atom is -0.569 e. The van der Waals surface area contributed by atoms with Crippen LogP contribution in [0, 0.1) is 12.1 Å². The van der Waals surface area contributed by atoms with Crippen LogP contribution in [0.5, 0.6) is 0 Å². The fourth-order valence-electron chi connectivity index (χ4n) is 5.00. The van der Waals surface area contributed by atoms with E-state index in [0.29, 0.717) is 11.1 Å². The van der Waals surface area contributed by atoms with Crippen LogP contribution in [0.1, 0.15) is 34.1 Å². The number of benzene rings is 4. The number of ether oxygens (including phenoxy) is 1. The van der Waals surface area contributed by atoms with Crippen LogP contribution in [0.3, 0.4) is 0 Å². The summed E-state index contributed by atoms with van der Waals surface area (Å²) in [7, 11) is -3.40. The summed E-state index contributed by atoms with van der Waals surface area (Å²) in [4.78, 5) is 30.4. The lowest BCUT2D eigenvalue weighted by molar-refractivity contribution is -0.712. The zero-order valence-corrected chi connectivity index (χ0v) is 29.3. The Hall–Kier alpha value is -6.23. The zero-order valence-electron chi connectivity index (χ0n) is 28.5. The van der Waals surface area contributed by atoms with Gasteiger partial charge >= 0.3 is 12.1 Å². The number of aromatic nitrogens is 2. The molecular weight excluding hydrogens is 717 g/mol. The van der Waals surface area contributed by atoms with E-state index in [1.807, 2.05) is 11.6 Å². The van der Waals surface area contributed by atoms with Crippen LogP contribution >= 0.6 is 0 Å². The van der Waals surface area contributed by atoms with Crippen molar-refractivity contribution < 1.29 is 45.7 Å². The molecule has 4 aromatic carbocycles. The molecule has 0 aliphatic carbocycles. The third kappa shape index (κ3) is 9.56. The van der Waals surface area contributed by atoms with Crippen LogP contribution in [-0.2, 0) is 37.0 Å². The number of aryl methyl sites for hydroxylation is 1. The Morgan fingerprint density at radius 2 is 1.57 bits per heavy atom. The minimum atomic E-state index is -4.74. The topological polar surface area (TPSA) is 158 Å². The molecule has 1 unspecified atom stereocenters. The molecular formula is C36H33F3N6O7S. The first-order valence-corrected chi connectivity index (χ1v) is 17.4. The van der Waals surface area contributed by atoms with Crippen LogP contribution in [0.15, 0.2) is 125 Å². The van der Waals surface area contributed by atoms with E-state index in [0.717, 1.165) is 33.5 Å². The smallest absolute Gasteiger partial charge is 0.435 e. The highest BCUT2D eigenvalue weighted by atomic mass is 32.2. The van der Waals surface area contributed by atoms with Gasteiger partial charge in [0, 0.05) is 18.9 Å².